The first-order chi connectivity index (χ1) is 14.1. The average Bonchev–Trinajstić information content (AvgIpc) is 2.97. The first-order valence-electron chi connectivity index (χ1n) is 10.8. The second kappa shape index (κ2) is 7.52. The van der Waals surface area contributed by atoms with E-state index in [0.717, 1.165) is 18.4 Å². The number of aliphatic hydroxyl groups excluding tert-OH is 2. The fourth-order valence-electron chi connectivity index (χ4n) is 7.24. The maximum absolute atomic E-state index is 13.1. The van der Waals surface area contributed by atoms with Crippen LogP contribution in [0.5, 0.6) is 0 Å². The van der Waals surface area contributed by atoms with Crippen LogP contribution < -0.4 is 0 Å². The molecular formula is C23H31ClO6. The van der Waals surface area contributed by atoms with Crippen molar-refractivity contribution in [2.24, 2.45) is 28.6 Å². The van der Waals surface area contributed by atoms with Gasteiger partial charge in [0.05, 0.1) is 12.7 Å². The lowest BCUT2D eigenvalue weighted by atomic mass is 9.46. The molecule has 0 heterocycles. The fourth-order valence-corrected chi connectivity index (χ4v) is 7.33. The molecule has 0 bridgehead atoms. The van der Waals surface area contributed by atoms with E-state index >= 15 is 0 Å². The van der Waals surface area contributed by atoms with E-state index in [1.807, 2.05) is 13.0 Å². The Balaban J connectivity index is 1.66. The van der Waals surface area contributed by atoms with Crippen molar-refractivity contribution < 1.29 is 29.6 Å². The molecule has 0 saturated heterocycles. The molecular weight excluding hydrogens is 408 g/mol. The van der Waals surface area contributed by atoms with E-state index in [1.165, 1.54) is 0 Å². The summed E-state index contributed by atoms with van der Waals surface area (Å²) in [7, 11) is 0. The van der Waals surface area contributed by atoms with Crippen LogP contribution >= 0.6 is 11.6 Å². The lowest BCUT2D eigenvalue weighted by Gasteiger charge is -2.59. The highest BCUT2D eigenvalue weighted by molar-refractivity contribution is 6.17. The molecule has 0 aromatic heterocycles. The number of hydrogen-bond acceptors (Lipinski definition) is 6. The molecule has 3 fully saturated rings. The van der Waals surface area contributed by atoms with Gasteiger partial charge in [-0.3, -0.25) is 9.59 Å². The van der Waals surface area contributed by atoms with Gasteiger partial charge in [-0.05, 0) is 56.1 Å². The first kappa shape index (κ1) is 22.2. The third kappa shape index (κ3) is 2.99. The smallest absolute Gasteiger partial charge is 0.195 e. The van der Waals surface area contributed by atoms with E-state index in [2.05, 4.69) is 6.92 Å². The minimum atomic E-state index is -1.71. The van der Waals surface area contributed by atoms with Crippen molar-refractivity contribution in [2.75, 3.05) is 12.7 Å². The largest absolute Gasteiger partial charge is 0.393 e. The summed E-state index contributed by atoms with van der Waals surface area (Å²) in [4.78, 5) is 25.0. The van der Waals surface area contributed by atoms with Crippen molar-refractivity contribution in [1.29, 1.82) is 0 Å². The monoisotopic (exact) mass is 438 g/mol. The normalized spacial score (nSPS) is 45.9. The number of halogens is 1. The standard InChI is InChI=1S/C23H31ClO6/c1-21-7-5-14(25)9-13(21)3-4-15-16-6-8-23(29,20(28)18(27)11-30-12-24)22(16,2)10-17(26)19(15)21/h5,7,9,15-19,26-27,29H,3-4,6,8,10-12H2,1-2H3/t15-,16-,17-,18?,19+,21-,22-,23-/m0/s1. The summed E-state index contributed by atoms with van der Waals surface area (Å²) in [5, 5.41) is 33.1. The van der Waals surface area contributed by atoms with Gasteiger partial charge in [-0.25, -0.2) is 0 Å². The fraction of sp³-hybridized carbons (Fsp3) is 0.739. The zero-order chi connectivity index (χ0) is 21.9. The van der Waals surface area contributed by atoms with Gasteiger partial charge < -0.3 is 20.1 Å². The summed E-state index contributed by atoms with van der Waals surface area (Å²) in [6, 6.07) is -0.143. The van der Waals surface area contributed by atoms with E-state index in [4.69, 9.17) is 16.3 Å². The van der Waals surface area contributed by atoms with Crippen LogP contribution in [0.1, 0.15) is 46.0 Å². The molecule has 30 heavy (non-hydrogen) atoms. The van der Waals surface area contributed by atoms with E-state index in [0.29, 0.717) is 6.42 Å². The Kier molecular flexibility index (Phi) is 5.55. The maximum atomic E-state index is 13.1. The van der Waals surface area contributed by atoms with E-state index in [-0.39, 0.29) is 49.1 Å². The molecule has 166 valence electrons. The number of carbonyl (C=O) groups is 2. The summed E-state index contributed by atoms with van der Waals surface area (Å²) in [5.74, 6) is -0.553. The number of Topliss-reactive ketones (excluding diaryl/α,β-unsaturated/α-hetero) is 1. The Labute approximate surface area is 181 Å². The molecule has 7 heteroatoms. The van der Waals surface area contributed by atoms with Crippen LogP contribution in [0.2, 0.25) is 0 Å². The van der Waals surface area contributed by atoms with Crippen molar-refractivity contribution in [3.05, 3.63) is 23.8 Å². The van der Waals surface area contributed by atoms with E-state index < -0.39 is 34.4 Å². The average molecular weight is 439 g/mol. The summed E-state index contributed by atoms with van der Waals surface area (Å²) in [6.07, 6.45) is 5.83. The van der Waals surface area contributed by atoms with E-state index in [9.17, 15) is 24.9 Å². The zero-order valence-electron chi connectivity index (χ0n) is 17.5. The number of rotatable bonds is 5. The minimum Gasteiger partial charge on any atom is -0.393 e. The predicted molar refractivity (Wildman–Crippen MR) is 111 cm³/mol. The zero-order valence-corrected chi connectivity index (χ0v) is 18.3. The van der Waals surface area contributed by atoms with Crippen molar-refractivity contribution in [3.63, 3.8) is 0 Å². The molecule has 1 unspecified atom stereocenters. The Morgan fingerprint density at radius 3 is 2.80 bits per heavy atom. The second-order valence-corrected chi connectivity index (χ2v) is 10.2. The molecule has 4 aliphatic carbocycles. The topological polar surface area (TPSA) is 104 Å². The lowest BCUT2D eigenvalue weighted by Crippen LogP contribution is -2.62. The van der Waals surface area contributed by atoms with E-state index in [1.54, 1.807) is 12.2 Å². The highest BCUT2D eigenvalue weighted by atomic mass is 35.5. The van der Waals surface area contributed by atoms with Crippen LogP contribution in [0.25, 0.3) is 0 Å². The Morgan fingerprint density at radius 2 is 2.10 bits per heavy atom. The molecule has 4 aliphatic rings. The Hall–Kier alpha value is -1.05. The van der Waals surface area contributed by atoms with Crippen LogP contribution in [0.4, 0.5) is 0 Å². The SMILES string of the molecule is C[C@]12C=CC(=O)C=C1CC[C@@H]1[C@@H]2[C@@H](O)C[C@@]2(C)[C@H]1CC[C@]2(O)C(=O)C(O)COCCl. The lowest BCUT2D eigenvalue weighted by molar-refractivity contribution is -0.184. The maximum Gasteiger partial charge on any atom is 0.195 e. The van der Waals surface area contributed by atoms with Gasteiger partial charge in [0.15, 0.2) is 11.6 Å². The number of ether oxygens (including phenoxy) is 1. The van der Waals surface area contributed by atoms with Gasteiger partial charge in [0.1, 0.15) is 17.8 Å². The van der Waals surface area contributed by atoms with Gasteiger partial charge in [0, 0.05) is 16.7 Å². The summed E-state index contributed by atoms with van der Waals surface area (Å²) in [6.45, 7) is 3.71. The molecule has 0 aliphatic heterocycles. The Morgan fingerprint density at radius 1 is 1.37 bits per heavy atom. The number of aliphatic hydroxyl groups is 3. The number of fused-ring (bicyclic) bond motifs is 5. The van der Waals surface area contributed by atoms with Gasteiger partial charge in [-0.1, -0.05) is 37.1 Å². The second-order valence-electron chi connectivity index (χ2n) is 9.97. The first-order valence-corrected chi connectivity index (χ1v) is 11.3. The highest BCUT2D eigenvalue weighted by Gasteiger charge is 2.68. The van der Waals surface area contributed by atoms with Gasteiger partial charge in [-0.2, -0.15) is 0 Å². The van der Waals surface area contributed by atoms with Crippen LogP contribution in [-0.2, 0) is 14.3 Å². The molecule has 0 aromatic rings. The van der Waals surface area contributed by atoms with Crippen LogP contribution in [0.15, 0.2) is 23.8 Å². The molecule has 6 nitrogen and oxygen atoms in total. The van der Waals surface area contributed by atoms with Gasteiger partial charge in [-0.15, -0.1) is 0 Å². The van der Waals surface area contributed by atoms with Crippen LogP contribution in [0, 0.1) is 28.6 Å². The number of alkyl halides is 1. The number of allylic oxidation sites excluding steroid dienone is 4. The van der Waals surface area contributed by atoms with Gasteiger partial charge in [0.25, 0.3) is 0 Å². The third-order valence-electron chi connectivity index (χ3n) is 8.71. The molecule has 8 atom stereocenters. The summed E-state index contributed by atoms with van der Waals surface area (Å²) >= 11 is 5.48. The molecule has 0 radical (unpaired) electrons. The quantitative estimate of drug-likeness (QED) is 0.568. The predicted octanol–water partition coefficient (Wildman–Crippen LogP) is 2.14. The minimum absolute atomic E-state index is 0.00921. The molecule has 4 rings (SSSR count). The van der Waals surface area contributed by atoms with Crippen molar-refractivity contribution in [3.8, 4) is 0 Å². The summed E-state index contributed by atoms with van der Waals surface area (Å²) in [5.41, 5.74) is -1.88. The molecule has 3 N–H and O–H groups in total. The molecule has 0 spiro atoms. The summed E-state index contributed by atoms with van der Waals surface area (Å²) < 4.78 is 4.97. The number of ketones is 2. The Bertz CT molecular complexity index is 808. The van der Waals surface area contributed by atoms with Crippen molar-refractivity contribution in [1.82, 2.24) is 0 Å². The number of carbonyl (C=O) groups excluding carboxylic acids is 2. The third-order valence-corrected chi connectivity index (χ3v) is 8.87. The van der Waals surface area contributed by atoms with Crippen molar-refractivity contribution in [2.45, 2.75) is 63.8 Å². The van der Waals surface area contributed by atoms with Gasteiger partial charge in [0.2, 0.25) is 0 Å². The van der Waals surface area contributed by atoms with Crippen LogP contribution in [-0.4, -0.2) is 57.4 Å². The van der Waals surface area contributed by atoms with Crippen LogP contribution in [0.3, 0.4) is 0 Å². The van der Waals surface area contributed by atoms with Crippen molar-refractivity contribution >= 4 is 23.2 Å². The molecule has 3 saturated carbocycles. The number of hydrogen-bond donors (Lipinski definition) is 3. The highest BCUT2D eigenvalue weighted by Crippen LogP contribution is 2.67. The van der Waals surface area contributed by atoms with Gasteiger partial charge >= 0.3 is 0 Å². The molecule has 0 aromatic carbocycles. The molecule has 0 amide bonds.